The minimum Gasteiger partial charge on any atom is -0.342 e. The molecule has 1 atom stereocenters. The van der Waals surface area contributed by atoms with Crippen molar-refractivity contribution in [2.45, 2.75) is 40.0 Å². The number of hydrogen-bond acceptors (Lipinski definition) is 3. The Labute approximate surface area is 116 Å². The number of nitrogens with zero attached hydrogens (tertiary/aromatic N) is 1. The highest BCUT2D eigenvalue weighted by Crippen LogP contribution is 2.23. The van der Waals surface area contributed by atoms with E-state index in [1.54, 1.807) is 0 Å². The molecule has 0 aromatic heterocycles. The molecule has 0 spiro atoms. The zero-order valence-corrected chi connectivity index (χ0v) is 13.2. The van der Waals surface area contributed by atoms with Crippen molar-refractivity contribution < 1.29 is 13.2 Å². The van der Waals surface area contributed by atoms with Crippen LogP contribution in [0.15, 0.2) is 0 Å². The molecule has 1 fully saturated rings. The molecule has 5 nitrogen and oxygen atoms in total. The van der Waals surface area contributed by atoms with Gasteiger partial charge in [-0.25, -0.2) is 13.1 Å². The highest BCUT2D eigenvalue weighted by atomic mass is 32.2. The molecule has 0 aromatic rings. The molecule has 19 heavy (non-hydrogen) atoms. The topological polar surface area (TPSA) is 66.5 Å². The molecule has 0 aromatic carbocycles. The lowest BCUT2D eigenvalue weighted by Gasteiger charge is -2.34. The van der Waals surface area contributed by atoms with Gasteiger partial charge in [0.15, 0.2) is 0 Å². The number of amides is 1. The molecular formula is C13H26N2O3S. The Balaban J connectivity index is 2.48. The van der Waals surface area contributed by atoms with Gasteiger partial charge in [-0.2, -0.15) is 0 Å². The van der Waals surface area contributed by atoms with Crippen LogP contribution in [0.5, 0.6) is 0 Å². The monoisotopic (exact) mass is 290 g/mol. The molecule has 0 radical (unpaired) electrons. The van der Waals surface area contributed by atoms with Crippen LogP contribution in [0, 0.1) is 11.3 Å². The lowest BCUT2D eigenvalue weighted by molar-refractivity contribution is -0.134. The summed E-state index contributed by atoms with van der Waals surface area (Å²) in [5.74, 6) is 0.406. The molecule has 1 saturated heterocycles. The van der Waals surface area contributed by atoms with Crippen LogP contribution in [0.1, 0.15) is 40.0 Å². The first-order valence-corrected chi connectivity index (χ1v) is 8.68. The highest BCUT2D eigenvalue weighted by molar-refractivity contribution is 7.88. The van der Waals surface area contributed by atoms with E-state index in [1.807, 2.05) is 4.90 Å². The largest absolute Gasteiger partial charge is 0.342 e. The smallest absolute Gasteiger partial charge is 0.223 e. The van der Waals surface area contributed by atoms with E-state index in [0.717, 1.165) is 19.4 Å². The molecule has 112 valence electrons. The Morgan fingerprint density at radius 1 is 1.37 bits per heavy atom. The first-order valence-electron chi connectivity index (χ1n) is 6.79. The van der Waals surface area contributed by atoms with Gasteiger partial charge >= 0.3 is 0 Å². The quantitative estimate of drug-likeness (QED) is 0.846. The van der Waals surface area contributed by atoms with Gasteiger partial charge in [0.25, 0.3) is 0 Å². The normalized spacial score (nSPS) is 21.5. The summed E-state index contributed by atoms with van der Waals surface area (Å²) in [7, 11) is -3.14. The van der Waals surface area contributed by atoms with Gasteiger partial charge in [-0.3, -0.25) is 4.79 Å². The minimum absolute atomic E-state index is 0.00493. The Bertz CT molecular complexity index is 412. The second kappa shape index (κ2) is 6.22. The van der Waals surface area contributed by atoms with Crippen LogP contribution in [0.2, 0.25) is 0 Å². The van der Waals surface area contributed by atoms with Gasteiger partial charge in [0, 0.05) is 26.1 Å². The maximum atomic E-state index is 12.1. The summed E-state index contributed by atoms with van der Waals surface area (Å²) in [6.07, 6.45) is 3.63. The molecule has 1 aliphatic rings. The zero-order chi connectivity index (χ0) is 14.7. The van der Waals surface area contributed by atoms with Crippen LogP contribution in [0.25, 0.3) is 0 Å². The van der Waals surface area contributed by atoms with E-state index >= 15 is 0 Å². The molecule has 0 aliphatic carbocycles. The fourth-order valence-electron chi connectivity index (χ4n) is 2.29. The van der Waals surface area contributed by atoms with E-state index in [2.05, 4.69) is 25.5 Å². The summed E-state index contributed by atoms with van der Waals surface area (Å²) in [6.45, 7) is 8.05. The fourth-order valence-corrected chi connectivity index (χ4v) is 2.83. The predicted octanol–water partition coefficient (Wildman–Crippen LogP) is 1.21. The number of piperidine rings is 1. The summed E-state index contributed by atoms with van der Waals surface area (Å²) in [4.78, 5) is 14.0. The summed E-state index contributed by atoms with van der Waals surface area (Å²) < 4.78 is 24.7. The number of carbonyl (C=O) groups excluding carboxylic acids is 1. The highest BCUT2D eigenvalue weighted by Gasteiger charge is 2.26. The van der Waals surface area contributed by atoms with E-state index in [0.29, 0.717) is 19.5 Å². The van der Waals surface area contributed by atoms with Gasteiger partial charge in [0.2, 0.25) is 15.9 Å². The second-order valence-electron chi connectivity index (χ2n) is 6.71. The van der Waals surface area contributed by atoms with Gasteiger partial charge in [-0.1, -0.05) is 20.8 Å². The van der Waals surface area contributed by atoms with Crippen molar-refractivity contribution >= 4 is 15.9 Å². The summed E-state index contributed by atoms with van der Waals surface area (Å²) in [6, 6.07) is 0. The molecule has 1 heterocycles. The molecule has 1 unspecified atom stereocenters. The molecule has 1 aliphatic heterocycles. The lowest BCUT2D eigenvalue weighted by Crippen LogP contribution is -2.44. The van der Waals surface area contributed by atoms with Gasteiger partial charge in [-0.15, -0.1) is 0 Å². The first-order chi connectivity index (χ1) is 8.57. The third kappa shape index (κ3) is 6.92. The first kappa shape index (κ1) is 16.4. The lowest BCUT2D eigenvalue weighted by atomic mass is 9.90. The van der Waals surface area contributed by atoms with Crippen molar-refractivity contribution in [3.05, 3.63) is 0 Å². The Morgan fingerprint density at radius 2 is 2.00 bits per heavy atom. The Morgan fingerprint density at radius 3 is 2.53 bits per heavy atom. The molecule has 6 heteroatoms. The molecule has 0 bridgehead atoms. The number of hydrogen-bond donors (Lipinski definition) is 1. The molecular weight excluding hydrogens is 264 g/mol. The zero-order valence-electron chi connectivity index (χ0n) is 12.4. The molecule has 0 saturated carbocycles. The maximum absolute atomic E-state index is 12.1. The number of rotatable bonds is 4. The standard InChI is InChI=1S/C13H26N2O3S/c1-13(2,3)8-12(16)15-7-5-6-11(10-15)9-14-19(4,17)18/h11,14H,5-10H2,1-4H3. The van der Waals surface area contributed by atoms with E-state index in [4.69, 9.17) is 0 Å². The summed E-state index contributed by atoms with van der Waals surface area (Å²) in [5.41, 5.74) is -0.00493. The molecule has 1 rings (SSSR count). The Kier molecular flexibility index (Phi) is 5.38. The number of sulfonamides is 1. The van der Waals surface area contributed by atoms with Gasteiger partial charge in [0.1, 0.15) is 0 Å². The number of likely N-dealkylation sites (tertiary alicyclic amines) is 1. The Hall–Kier alpha value is -0.620. The average molecular weight is 290 g/mol. The van der Waals surface area contributed by atoms with Crippen LogP contribution in [-0.2, 0) is 14.8 Å². The number of carbonyl (C=O) groups is 1. The molecule has 1 N–H and O–H groups in total. The van der Waals surface area contributed by atoms with Gasteiger partial charge < -0.3 is 4.90 Å². The van der Waals surface area contributed by atoms with E-state index < -0.39 is 10.0 Å². The van der Waals surface area contributed by atoms with Crippen molar-refractivity contribution in [3.8, 4) is 0 Å². The van der Waals surface area contributed by atoms with Crippen molar-refractivity contribution in [1.82, 2.24) is 9.62 Å². The predicted molar refractivity (Wildman–Crippen MR) is 76.2 cm³/mol. The van der Waals surface area contributed by atoms with Gasteiger partial charge in [0.05, 0.1) is 6.26 Å². The third-order valence-electron chi connectivity index (χ3n) is 3.19. The van der Waals surface area contributed by atoms with E-state index in [-0.39, 0.29) is 17.2 Å². The molecule has 1 amide bonds. The average Bonchev–Trinajstić information content (AvgIpc) is 2.23. The van der Waals surface area contributed by atoms with Crippen LogP contribution in [0.3, 0.4) is 0 Å². The van der Waals surface area contributed by atoms with Crippen LogP contribution >= 0.6 is 0 Å². The van der Waals surface area contributed by atoms with Crippen LogP contribution < -0.4 is 4.72 Å². The van der Waals surface area contributed by atoms with E-state index in [9.17, 15) is 13.2 Å². The fraction of sp³-hybridized carbons (Fsp3) is 0.923. The van der Waals surface area contributed by atoms with E-state index in [1.165, 1.54) is 6.26 Å². The van der Waals surface area contributed by atoms with Crippen molar-refractivity contribution in [3.63, 3.8) is 0 Å². The second-order valence-corrected chi connectivity index (χ2v) is 8.54. The minimum atomic E-state index is -3.14. The van der Waals surface area contributed by atoms with Crippen LogP contribution in [0.4, 0.5) is 0 Å². The van der Waals surface area contributed by atoms with Crippen molar-refractivity contribution in [1.29, 1.82) is 0 Å². The summed E-state index contributed by atoms with van der Waals surface area (Å²) in [5, 5.41) is 0. The van der Waals surface area contributed by atoms with Gasteiger partial charge in [-0.05, 0) is 24.2 Å². The maximum Gasteiger partial charge on any atom is 0.223 e. The van der Waals surface area contributed by atoms with Crippen LogP contribution in [-0.4, -0.2) is 45.1 Å². The SMILES string of the molecule is CC(C)(C)CC(=O)N1CCCC(CNS(C)(=O)=O)C1. The third-order valence-corrected chi connectivity index (χ3v) is 3.88. The number of nitrogens with one attached hydrogen (secondary N) is 1. The van der Waals surface area contributed by atoms with Crippen molar-refractivity contribution in [2.75, 3.05) is 25.9 Å². The summed E-state index contributed by atoms with van der Waals surface area (Å²) >= 11 is 0. The van der Waals surface area contributed by atoms with Crippen molar-refractivity contribution in [2.24, 2.45) is 11.3 Å².